The fraction of sp³-hybridized carbons (Fsp3) is 0.333. The number of nitrogens with one attached hydrogen (secondary N) is 1. The minimum absolute atomic E-state index is 0.0988. The van der Waals surface area contributed by atoms with E-state index in [4.69, 9.17) is 0 Å². The van der Waals surface area contributed by atoms with Crippen LogP contribution in [-0.2, 0) is 0 Å². The third-order valence-corrected chi connectivity index (χ3v) is 4.45. The van der Waals surface area contributed by atoms with Gasteiger partial charge in [0.2, 0.25) is 0 Å². The van der Waals surface area contributed by atoms with E-state index in [1.54, 1.807) is 18.3 Å². The minimum Gasteiger partial charge on any atom is -0.396 e. The zero-order valence-corrected chi connectivity index (χ0v) is 14.1. The molecule has 0 radical (unpaired) electrons. The number of carbonyl (C=O) groups is 1. The van der Waals surface area contributed by atoms with Crippen molar-refractivity contribution in [3.63, 3.8) is 0 Å². The zero-order chi connectivity index (χ0) is 16.5. The van der Waals surface area contributed by atoms with Gasteiger partial charge in [0.05, 0.1) is 5.56 Å². The summed E-state index contributed by atoms with van der Waals surface area (Å²) in [7, 11) is 0. The molecule has 1 heterocycles. The van der Waals surface area contributed by atoms with Crippen LogP contribution in [0, 0.1) is 0 Å². The van der Waals surface area contributed by atoms with Crippen LogP contribution in [0.3, 0.4) is 0 Å². The number of carbonyl (C=O) groups excluding carboxylic acids is 1. The van der Waals surface area contributed by atoms with E-state index in [-0.39, 0.29) is 18.4 Å². The summed E-state index contributed by atoms with van der Waals surface area (Å²) >= 11 is 1.46. The molecule has 0 saturated heterocycles. The van der Waals surface area contributed by atoms with Gasteiger partial charge in [-0.25, -0.2) is 4.98 Å². The van der Waals surface area contributed by atoms with Gasteiger partial charge in [0.15, 0.2) is 0 Å². The molecule has 2 rings (SSSR count). The van der Waals surface area contributed by atoms with E-state index in [9.17, 15) is 9.90 Å². The van der Waals surface area contributed by atoms with Gasteiger partial charge < -0.3 is 10.4 Å². The second kappa shape index (κ2) is 9.33. The highest BCUT2D eigenvalue weighted by atomic mass is 32.2. The lowest BCUT2D eigenvalue weighted by atomic mass is 9.93. The number of aliphatic hydroxyl groups is 1. The number of hydrogen-bond acceptors (Lipinski definition) is 4. The molecule has 4 nitrogen and oxygen atoms in total. The van der Waals surface area contributed by atoms with Gasteiger partial charge in [-0.1, -0.05) is 30.3 Å². The monoisotopic (exact) mass is 330 g/mol. The molecule has 1 aromatic carbocycles. The fourth-order valence-electron chi connectivity index (χ4n) is 2.54. The molecule has 1 atom stereocenters. The highest BCUT2D eigenvalue weighted by Gasteiger charge is 2.14. The van der Waals surface area contributed by atoms with Gasteiger partial charge in [-0.3, -0.25) is 4.79 Å². The molecule has 0 spiro atoms. The van der Waals surface area contributed by atoms with E-state index in [0.717, 1.165) is 11.4 Å². The number of thioether (sulfide) groups is 1. The Morgan fingerprint density at radius 2 is 2.00 bits per heavy atom. The van der Waals surface area contributed by atoms with Crippen molar-refractivity contribution >= 4 is 17.7 Å². The number of benzene rings is 1. The van der Waals surface area contributed by atoms with Crippen molar-refractivity contribution in [2.45, 2.75) is 23.8 Å². The molecule has 0 saturated carbocycles. The summed E-state index contributed by atoms with van der Waals surface area (Å²) in [6, 6.07) is 13.7. The minimum atomic E-state index is -0.0988. The zero-order valence-electron chi connectivity index (χ0n) is 13.2. The first-order valence-electron chi connectivity index (χ1n) is 7.69. The maximum atomic E-state index is 12.3. The summed E-state index contributed by atoms with van der Waals surface area (Å²) in [5.41, 5.74) is 1.81. The smallest absolute Gasteiger partial charge is 0.254 e. The Morgan fingerprint density at radius 3 is 2.70 bits per heavy atom. The van der Waals surface area contributed by atoms with Gasteiger partial charge in [0, 0.05) is 19.3 Å². The van der Waals surface area contributed by atoms with Gasteiger partial charge in [-0.15, -0.1) is 11.8 Å². The predicted molar refractivity (Wildman–Crippen MR) is 93.9 cm³/mol. The molecule has 122 valence electrons. The SMILES string of the molecule is CSc1ncccc1C(=O)NCCC(CCO)c1ccccc1. The average molecular weight is 330 g/mol. The Balaban J connectivity index is 1.93. The van der Waals surface area contributed by atoms with Crippen LogP contribution in [0.5, 0.6) is 0 Å². The Kier molecular flexibility index (Phi) is 7.10. The maximum Gasteiger partial charge on any atom is 0.254 e. The van der Waals surface area contributed by atoms with E-state index < -0.39 is 0 Å². The highest BCUT2D eigenvalue weighted by Crippen LogP contribution is 2.22. The number of aliphatic hydroxyl groups excluding tert-OH is 1. The van der Waals surface area contributed by atoms with Crippen molar-refractivity contribution in [3.05, 3.63) is 59.8 Å². The van der Waals surface area contributed by atoms with Crippen LogP contribution in [0.2, 0.25) is 0 Å². The fourth-order valence-corrected chi connectivity index (χ4v) is 3.09. The van der Waals surface area contributed by atoms with Gasteiger partial charge in [0.25, 0.3) is 5.91 Å². The van der Waals surface area contributed by atoms with Crippen molar-refractivity contribution < 1.29 is 9.90 Å². The van der Waals surface area contributed by atoms with Crippen molar-refractivity contribution in [3.8, 4) is 0 Å². The number of pyridine rings is 1. The quantitative estimate of drug-likeness (QED) is 0.730. The molecule has 0 aliphatic heterocycles. The molecule has 0 bridgehead atoms. The van der Waals surface area contributed by atoms with Crippen LogP contribution in [0.1, 0.15) is 34.7 Å². The Hall–Kier alpha value is -1.85. The second-order valence-electron chi connectivity index (χ2n) is 5.22. The summed E-state index contributed by atoms with van der Waals surface area (Å²) in [5.74, 6) is 0.147. The Bertz CT molecular complexity index is 619. The summed E-state index contributed by atoms with van der Waals surface area (Å²) in [4.78, 5) is 16.5. The van der Waals surface area contributed by atoms with E-state index in [1.807, 2.05) is 24.5 Å². The first-order valence-corrected chi connectivity index (χ1v) is 8.91. The third-order valence-electron chi connectivity index (χ3n) is 3.74. The van der Waals surface area contributed by atoms with Gasteiger partial charge in [0.1, 0.15) is 5.03 Å². The Morgan fingerprint density at radius 1 is 1.22 bits per heavy atom. The lowest BCUT2D eigenvalue weighted by Crippen LogP contribution is -2.26. The molecule has 23 heavy (non-hydrogen) atoms. The van der Waals surface area contributed by atoms with Gasteiger partial charge in [-0.05, 0) is 42.7 Å². The molecule has 1 aromatic heterocycles. The van der Waals surface area contributed by atoms with E-state index in [1.165, 1.54) is 17.3 Å². The summed E-state index contributed by atoms with van der Waals surface area (Å²) < 4.78 is 0. The van der Waals surface area contributed by atoms with Crippen molar-refractivity contribution in [1.82, 2.24) is 10.3 Å². The van der Waals surface area contributed by atoms with Crippen molar-refractivity contribution in [1.29, 1.82) is 0 Å². The third kappa shape index (κ3) is 5.08. The molecular weight excluding hydrogens is 308 g/mol. The molecule has 2 aromatic rings. The largest absolute Gasteiger partial charge is 0.396 e. The normalized spacial score (nSPS) is 11.9. The molecular formula is C18H22N2O2S. The van der Waals surface area contributed by atoms with Crippen LogP contribution in [0.15, 0.2) is 53.7 Å². The lowest BCUT2D eigenvalue weighted by Gasteiger charge is -2.17. The maximum absolute atomic E-state index is 12.3. The molecule has 5 heteroatoms. The molecule has 1 amide bonds. The molecule has 0 aliphatic rings. The standard InChI is InChI=1S/C18H22N2O2S/c1-23-18-16(8-5-11-20-18)17(22)19-12-9-15(10-13-21)14-6-3-2-4-7-14/h2-8,11,15,21H,9-10,12-13H2,1H3,(H,19,22). The summed E-state index contributed by atoms with van der Waals surface area (Å²) in [5, 5.41) is 12.9. The van der Waals surface area contributed by atoms with Crippen LogP contribution < -0.4 is 5.32 Å². The first-order chi connectivity index (χ1) is 11.3. The van der Waals surface area contributed by atoms with Gasteiger partial charge >= 0.3 is 0 Å². The van der Waals surface area contributed by atoms with Crippen molar-refractivity contribution in [2.75, 3.05) is 19.4 Å². The first kappa shape index (κ1) is 17.5. The molecule has 0 aliphatic carbocycles. The average Bonchev–Trinajstić information content (AvgIpc) is 2.61. The molecule has 1 unspecified atom stereocenters. The number of amides is 1. The van der Waals surface area contributed by atoms with E-state index >= 15 is 0 Å². The number of hydrogen-bond donors (Lipinski definition) is 2. The Labute approximate surface area is 141 Å². The van der Waals surface area contributed by atoms with Gasteiger partial charge in [-0.2, -0.15) is 0 Å². The van der Waals surface area contributed by atoms with Crippen LogP contribution in [-0.4, -0.2) is 35.4 Å². The van der Waals surface area contributed by atoms with E-state index in [0.29, 0.717) is 18.5 Å². The summed E-state index contributed by atoms with van der Waals surface area (Å²) in [6.45, 7) is 0.716. The number of aromatic nitrogens is 1. The predicted octanol–water partition coefficient (Wildman–Crippen LogP) is 3.09. The number of nitrogens with zero attached hydrogens (tertiary/aromatic N) is 1. The van der Waals surface area contributed by atoms with Crippen molar-refractivity contribution in [2.24, 2.45) is 0 Å². The van der Waals surface area contributed by atoms with E-state index in [2.05, 4.69) is 22.4 Å². The molecule has 2 N–H and O–H groups in total. The van der Waals surface area contributed by atoms with Crippen LogP contribution in [0.25, 0.3) is 0 Å². The number of rotatable bonds is 8. The van der Waals surface area contributed by atoms with Crippen LogP contribution >= 0.6 is 11.8 Å². The second-order valence-corrected chi connectivity index (χ2v) is 6.02. The lowest BCUT2D eigenvalue weighted by molar-refractivity contribution is 0.0948. The topological polar surface area (TPSA) is 62.2 Å². The highest BCUT2D eigenvalue weighted by molar-refractivity contribution is 7.98. The summed E-state index contributed by atoms with van der Waals surface area (Å²) in [6.07, 6.45) is 5.09. The molecule has 0 fully saturated rings. The van der Waals surface area contributed by atoms with Crippen LogP contribution in [0.4, 0.5) is 0 Å².